The van der Waals surface area contributed by atoms with Crippen LogP contribution in [0.5, 0.6) is 0 Å². The van der Waals surface area contributed by atoms with Gasteiger partial charge in [-0.3, -0.25) is 4.79 Å². The molecule has 1 amide bonds. The zero-order valence-electron chi connectivity index (χ0n) is 15.9. The van der Waals surface area contributed by atoms with Crippen LogP contribution in [0.4, 0.5) is 5.69 Å². The molecule has 0 radical (unpaired) electrons. The lowest BCUT2D eigenvalue weighted by Gasteiger charge is -2.49. The van der Waals surface area contributed by atoms with Crippen LogP contribution in [0.15, 0.2) is 66.7 Å². The number of anilines is 1. The highest BCUT2D eigenvalue weighted by molar-refractivity contribution is 6.31. The van der Waals surface area contributed by atoms with Crippen molar-refractivity contribution in [3.63, 3.8) is 0 Å². The van der Waals surface area contributed by atoms with E-state index in [9.17, 15) is 4.79 Å². The monoisotopic (exact) mass is 387 g/mol. The average molecular weight is 388 g/mol. The molecule has 0 spiro atoms. The summed E-state index contributed by atoms with van der Waals surface area (Å²) in [5.41, 5.74) is 7.06. The van der Waals surface area contributed by atoms with Crippen LogP contribution in [0.1, 0.15) is 46.6 Å². The maximum absolute atomic E-state index is 13.5. The molecule has 6 rings (SSSR count). The largest absolute Gasteiger partial charge is 0.326 e. The highest BCUT2D eigenvalue weighted by atomic mass is 35.5. The standard InChI is InChI=1S/C25H22ClNO/c1-14-20(26)12-7-13-21(14)27-25(28)23-15(2)22-16-8-3-5-10-18(16)24(23)19-11-6-4-9-17(19)22/h3-13,15,22-24H,1-2H3,(H,27,28)/t15-,22?,23-,24?/m1/s1. The summed E-state index contributed by atoms with van der Waals surface area (Å²) in [4.78, 5) is 13.5. The Morgan fingerprint density at radius 1 is 0.821 bits per heavy atom. The Hall–Kier alpha value is -2.58. The lowest BCUT2D eigenvalue weighted by atomic mass is 9.54. The molecular formula is C25H22ClNO. The van der Waals surface area contributed by atoms with Crippen molar-refractivity contribution in [3.05, 3.63) is 99.6 Å². The van der Waals surface area contributed by atoms with E-state index in [4.69, 9.17) is 11.6 Å². The Morgan fingerprint density at radius 3 is 1.93 bits per heavy atom. The van der Waals surface area contributed by atoms with Crippen LogP contribution in [0.3, 0.4) is 0 Å². The van der Waals surface area contributed by atoms with Crippen molar-refractivity contribution in [1.82, 2.24) is 0 Å². The summed E-state index contributed by atoms with van der Waals surface area (Å²) in [5, 5.41) is 3.85. The molecule has 3 heteroatoms. The molecule has 2 atom stereocenters. The highest BCUT2D eigenvalue weighted by Crippen LogP contribution is 2.58. The molecule has 0 unspecified atom stereocenters. The predicted octanol–water partition coefficient (Wildman–Crippen LogP) is 6.13. The first-order valence-corrected chi connectivity index (χ1v) is 10.2. The van der Waals surface area contributed by atoms with Gasteiger partial charge in [0.15, 0.2) is 0 Å². The SMILES string of the molecule is Cc1c(Cl)cccc1NC(=O)[C@H]1C2c3ccccc3C(c3ccccc32)[C@H]1C. The number of hydrogen-bond acceptors (Lipinski definition) is 1. The fraction of sp³-hybridized carbons (Fsp3) is 0.240. The maximum Gasteiger partial charge on any atom is 0.228 e. The van der Waals surface area contributed by atoms with Gasteiger partial charge in [-0.2, -0.15) is 0 Å². The Labute approximate surface area is 170 Å². The number of halogens is 1. The Morgan fingerprint density at radius 2 is 1.36 bits per heavy atom. The first-order chi connectivity index (χ1) is 13.6. The topological polar surface area (TPSA) is 29.1 Å². The quantitative estimate of drug-likeness (QED) is 0.563. The first-order valence-electron chi connectivity index (χ1n) is 9.81. The summed E-state index contributed by atoms with van der Waals surface area (Å²) < 4.78 is 0. The molecule has 0 saturated carbocycles. The lowest BCUT2D eigenvalue weighted by Crippen LogP contribution is -2.44. The number of benzene rings is 3. The molecule has 0 heterocycles. The van der Waals surface area contributed by atoms with Crippen molar-refractivity contribution in [1.29, 1.82) is 0 Å². The van der Waals surface area contributed by atoms with Gasteiger partial charge in [0.05, 0.1) is 5.92 Å². The molecule has 0 aromatic heterocycles. The lowest BCUT2D eigenvalue weighted by molar-refractivity contribution is -0.122. The third kappa shape index (κ3) is 2.44. The minimum atomic E-state index is -0.104. The molecule has 3 aromatic carbocycles. The van der Waals surface area contributed by atoms with Gasteiger partial charge in [0.1, 0.15) is 0 Å². The third-order valence-electron chi connectivity index (χ3n) is 6.61. The second-order valence-corrected chi connectivity index (χ2v) is 8.41. The average Bonchev–Trinajstić information content (AvgIpc) is 2.71. The van der Waals surface area contributed by atoms with Crippen molar-refractivity contribution in [2.75, 3.05) is 5.32 Å². The van der Waals surface area contributed by atoms with Gasteiger partial charge < -0.3 is 5.32 Å². The van der Waals surface area contributed by atoms with Gasteiger partial charge >= 0.3 is 0 Å². The number of nitrogens with one attached hydrogen (secondary N) is 1. The molecule has 140 valence electrons. The number of rotatable bonds is 2. The van der Waals surface area contributed by atoms with Gasteiger partial charge in [0, 0.05) is 22.5 Å². The first kappa shape index (κ1) is 17.5. The molecule has 3 aliphatic rings. The van der Waals surface area contributed by atoms with Crippen LogP contribution in [0, 0.1) is 18.8 Å². The van der Waals surface area contributed by atoms with Gasteiger partial charge in [0.2, 0.25) is 5.91 Å². The van der Waals surface area contributed by atoms with E-state index in [1.807, 2.05) is 25.1 Å². The van der Waals surface area contributed by atoms with E-state index in [0.29, 0.717) is 5.02 Å². The normalized spacial score (nSPS) is 24.4. The second-order valence-electron chi connectivity index (χ2n) is 8.00. The van der Waals surface area contributed by atoms with Crippen molar-refractivity contribution in [2.45, 2.75) is 25.7 Å². The summed E-state index contributed by atoms with van der Waals surface area (Å²) in [7, 11) is 0. The van der Waals surface area contributed by atoms with E-state index in [0.717, 1.165) is 11.3 Å². The van der Waals surface area contributed by atoms with Crippen molar-refractivity contribution >= 4 is 23.2 Å². The molecule has 0 fully saturated rings. The molecule has 2 bridgehead atoms. The fourth-order valence-electron chi connectivity index (χ4n) is 5.30. The van der Waals surface area contributed by atoms with Gasteiger partial charge in [-0.25, -0.2) is 0 Å². The number of fused-ring (bicyclic) bond motifs is 1. The number of hydrogen-bond donors (Lipinski definition) is 1. The van der Waals surface area contributed by atoms with Gasteiger partial charge in [-0.15, -0.1) is 0 Å². The summed E-state index contributed by atoms with van der Waals surface area (Å²) in [5.74, 6) is 0.555. The van der Waals surface area contributed by atoms with Crippen molar-refractivity contribution < 1.29 is 4.79 Å². The van der Waals surface area contributed by atoms with E-state index in [1.54, 1.807) is 0 Å². The molecule has 28 heavy (non-hydrogen) atoms. The third-order valence-corrected chi connectivity index (χ3v) is 7.02. The zero-order valence-corrected chi connectivity index (χ0v) is 16.7. The molecule has 3 aromatic rings. The molecule has 2 nitrogen and oxygen atoms in total. The van der Waals surface area contributed by atoms with Crippen LogP contribution in [0.25, 0.3) is 0 Å². The van der Waals surface area contributed by atoms with E-state index in [2.05, 4.69) is 60.8 Å². The fourth-order valence-corrected chi connectivity index (χ4v) is 5.48. The summed E-state index contributed by atoms with van der Waals surface area (Å²) in [6.07, 6.45) is 0. The van der Waals surface area contributed by atoms with Crippen LogP contribution in [0.2, 0.25) is 5.02 Å². The van der Waals surface area contributed by atoms with E-state index in [-0.39, 0.29) is 29.6 Å². The van der Waals surface area contributed by atoms with Crippen LogP contribution in [-0.4, -0.2) is 5.91 Å². The smallest absolute Gasteiger partial charge is 0.228 e. The minimum absolute atomic E-state index is 0.0804. The molecule has 0 saturated heterocycles. The van der Waals surface area contributed by atoms with Crippen LogP contribution >= 0.6 is 11.6 Å². The van der Waals surface area contributed by atoms with Gasteiger partial charge in [-0.1, -0.05) is 73.1 Å². The van der Waals surface area contributed by atoms with Gasteiger partial charge in [-0.05, 0) is 52.8 Å². The van der Waals surface area contributed by atoms with Crippen LogP contribution < -0.4 is 5.32 Å². The zero-order chi connectivity index (χ0) is 19.4. The van der Waals surface area contributed by atoms with E-state index >= 15 is 0 Å². The van der Waals surface area contributed by atoms with Crippen LogP contribution in [-0.2, 0) is 4.79 Å². The molecular weight excluding hydrogens is 366 g/mol. The summed E-state index contributed by atoms with van der Waals surface area (Å²) in [6.45, 7) is 4.16. The molecule has 3 aliphatic carbocycles. The number of carbonyl (C=O) groups is 1. The number of carbonyl (C=O) groups excluding carboxylic acids is 1. The van der Waals surface area contributed by atoms with Crippen molar-refractivity contribution in [3.8, 4) is 0 Å². The summed E-state index contributed by atoms with van der Waals surface area (Å²) >= 11 is 6.26. The van der Waals surface area contributed by atoms with Crippen molar-refractivity contribution in [2.24, 2.45) is 11.8 Å². The minimum Gasteiger partial charge on any atom is -0.326 e. The second kappa shape index (κ2) is 6.49. The van der Waals surface area contributed by atoms with Gasteiger partial charge in [0.25, 0.3) is 0 Å². The Kier molecular flexibility index (Phi) is 4.06. The number of amides is 1. The molecule has 0 aliphatic heterocycles. The Bertz CT molecular complexity index is 1040. The molecule has 1 N–H and O–H groups in total. The highest BCUT2D eigenvalue weighted by Gasteiger charge is 2.50. The maximum atomic E-state index is 13.5. The van der Waals surface area contributed by atoms with E-state index < -0.39 is 0 Å². The summed E-state index contributed by atoms with van der Waals surface area (Å²) in [6, 6.07) is 22.9. The predicted molar refractivity (Wildman–Crippen MR) is 114 cm³/mol. The Balaban J connectivity index is 1.60. The van der Waals surface area contributed by atoms with E-state index in [1.165, 1.54) is 22.3 Å².